The predicted molar refractivity (Wildman–Crippen MR) is 200 cm³/mol. The smallest absolute Gasteiger partial charge is 0.397 e. The van der Waals surface area contributed by atoms with Crippen LogP contribution in [0.1, 0.15) is 15.9 Å². The number of benzene rings is 4. The number of aryl methyl sites for hydroxylation is 1. The van der Waals surface area contributed by atoms with Gasteiger partial charge in [-0.1, -0.05) is 17.7 Å². The zero-order chi connectivity index (χ0) is 41.3. The number of anilines is 2. The molecule has 0 bridgehead atoms. The van der Waals surface area contributed by atoms with Gasteiger partial charge in [0.2, 0.25) is 0 Å². The Morgan fingerprint density at radius 3 is 1.84 bits per heavy atom. The fraction of sp³-hybridized carbons (Fsp3) is 0.167. The number of nitrogen functional groups attached to an aromatic ring is 2. The molecule has 0 aliphatic heterocycles. The van der Waals surface area contributed by atoms with Crippen molar-refractivity contribution < 1.29 is 57.7 Å². The normalized spacial score (nSPS) is 12.6. The van der Waals surface area contributed by atoms with Crippen molar-refractivity contribution in [3.63, 3.8) is 0 Å². The molecule has 0 heterocycles. The van der Waals surface area contributed by atoms with Crippen LogP contribution in [-0.4, -0.2) is 70.9 Å². The van der Waals surface area contributed by atoms with Crippen LogP contribution >= 0.6 is 12.0 Å². The van der Waals surface area contributed by atoms with Crippen molar-refractivity contribution in [1.82, 2.24) is 0 Å². The van der Waals surface area contributed by atoms with Crippen LogP contribution in [0.4, 0.5) is 45.5 Å². The molecule has 0 atom stereocenters. The van der Waals surface area contributed by atoms with Crippen LogP contribution < -0.4 is 17.2 Å². The highest BCUT2D eigenvalue weighted by Crippen LogP contribution is 2.49. The van der Waals surface area contributed by atoms with Crippen LogP contribution in [0.25, 0.3) is 0 Å². The highest BCUT2D eigenvalue weighted by atomic mass is 32.3. The number of hydrogen-bond acceptors (Lipinski definition) is 20. The Kier molecular flexibility index (Phi) is 14.4. The second-order valence-electron chi connectivity index (χ2n) is 10.9. The number of carbonyl (C=O) groups is 1. The van der Waals surface area contributed by atoms with E-state index >= 15 is 0 Å². The quantitative estimate of drug-likeness (QED) is 0.0130. The maximum Gasteiger partial charge on any atom is 0.397 e. The van der Waals surface area contributed by atoms with E-state index in [-0.39, 0.29) is 28.6 Å². The Balaban J connectivity index is 1.82. The molecule has 26 heteroatoms. The summed E-state index contributed by atoms with van der Waals surface area (Å²) in [5, 5.41) is 34.3. The molecule has 9 N–H and O–H groups in total. The number of carboxylic acids is 1. The molecule has 0 amide bonds. The van der Waals surface area contributed by atoms with Gasteiger partial charge in [-0.25, -0.2) is 22.3 Å². The second kappa shape index (κ2) is 18.6. The summed E-state index contributed by atoms with van der Waals surface area (Å²) in [5.74, 6) is -2.45. The van der Waals surface area contributed by atoms with Crippen molar-refractivity contribution in [1.29, 1.82) is 0 Å². The molecule has 56 heavy (non-hydrogen) atoms. The van der Waals surface area contributed by atoms with Gasteiger partial charge in [0, 0.05) is 11.4 Å². The van der Waals surface area contributed by atoms with Gasteiger partial charge in [0.15, 0.2) is 9.84 Å². The Morgan fingerprint density at radius 1 is 0.750 bits per heavy atom. The van der Waals surface area contributed by atoms with Gasteiger partial charge in [0.25, 0.3) is 10.1 Å². The molecule has 4 aromatic rings. The van der Waals surface area contributed by atoms with Gasteiger partial charge in [-0.15, -0.1) is 20.5 Å². The summed E-state index contributed by atoms with van der Waals surface area (Å²) >= 11 is 0.596. The topological polar surface area (TPSA) is 360 Å². The first-order valence-corrected chi connectivity index (χ1v) is 20.5. The summed E-state index contributed by atoms with van der Waals surface area (Å²) in [4.78, 5) is 16.6. The molecule has 0 fully saturated rings. The van der Waals surface area contributed by atoms with Crippen molar-refractivity contribution >= 4 is 93.9 Å². The third-order valence-electron chi connectivity index (χ3n) is 6.90. The van der Waals surface area contributed by atoms with E-state index in [2.05, 4.69) is 34.9 Å². The first-order chi connectivity index (χ1) is 26.3. The first-order valence-electron chi connectivity index (χ1n) is 15.3. The molecule has 0 aliphatic carbocycles. The minimum atomic E-state index is -4.96. The molecular weight excluding hydrogens is 823 g/mol. The van der Waals surface area contributed by atoms with E-state index in [1.54, 1.807) is 24.3 Å². The van der Waals surface area contributed by atoms with Crippen molar-refractivity contribution in [3.05, 3.63) is 77.9 Å². The molecule has 0 unspecified atom stereocenters. The van der Waals surface area contributed by atoms with E-state index in [1.807, 2.05) is 6.92 Å². The van der Waals surface area contributed by atoms with Crippen LogP contribution in [-0.2, 0) is 43.8 Å². The summed E-state index contributed by atoms with van der Waals surface area (Å²) in [6.07, 6.45) is 0. The van der Waals surface area contributed by atoms with E-state index < -0.39 is 93.3 Å². The van der Waals surface area contributed by atoms with Gasteiger partial charge in [0.1, 0.15) is 33.2 Å². The SMILES string of the molecule is Cc1ccc(N=Nc2c(N)c(N=Nc3ccc(S(=O)(=O)CCOS(=O)(=O)O)cc3)c(N)c(N=Nc3ccc(SOOCCN)cc3S(=O)(=O)O)c2C(=O)O)cc1. The minimum Gasteiger partial charge on any atom is -0.478 e. The number of nitrogens with zero attached hydrogens (tertiary/aromatic N) is 6. The Hall–Kier alpha value is -5.29. The monoisotopic (exact) mass is 853 g/mol. The molecule has 0 saturated carbocycles. The number of aromatic carboxylic acids is 1. The third kappa shape index (κ3) is 11.9. The van der Waals surface area contributed by atoms with E-state index in [1.165, 1.54) is 18.2 Å². The van der Waals surface area contributed by atoms with Crippen molar-refractivity contribution in [2.45, 2.75) is 21.6 Å². The molecule has 4 rings (SSSR count). The lowest BCUT2D eigenvalue weighted by atomic mass is 10.1. The zero-order valence-electron chi connectivity index (χ0n) is 28.7. The molecule has 298 valence electrons. The van der Waals surface area contributed by atoms with Crippen LogP contribution in [0.3, 0.4) is 0 Å². The van der Waals surface area contributed by atoms with E-state index in [0.29, 0.717) is 17.7 Å². The largest absolute Gasteiger partial charge is 0.478 e. The van der Waals surface area contributed by atoms with Crippen molar-refractivity contribution in [2.24, 2.45) is 36.4 Å². The lowest BCUT2D eigenvalue weighted by molar-refractivity contribution is -0.187. The zero-order valence-corrected chi connectivity index (χ0v) is 31.9. The van der Waals surface area contributed by atoms with Gasteiger partial charge in [-0.3, -0.25) is 9.11 Å². The predicted octanol–water partition coefficient (Wildman–Crippen LogP) is 5.86. The summed E-state index contributed by atoms with van der Waals surface area (Å²) in [5.41, 5.74) is 15.6. The highest BCUT2D eigenvalue weighted by molar-refractivity contribution is 7.94. The number of hydrogen-bond donors (Lipinski definition) is 6. The Morgan fingerprint density at radius 2 is 1.30 bits per heavy atom. The molecule has 0 radical (unpaired) electrons. The fourth-order valence-electron chi connectivity index (χ4n) is 4.27. The van der Waals surface area contributed by atoms with Crippen molar-refractivity contribution in [2.75, 3.05) is 37.0 Å². The Labute approximate surface area is 323 Å². The van der Waals surface area contributed by atoms with Gasteiger partial charge in [0.05, 0.1) is 58.7 Å². The van der Waals surface area contributed by atoms with Gasteiger partial charge < -0.3 is 22.3 Å². The molecule has 0 saturated heterocycles. The molecular formula is C30H31N9O13S4. The number of sulfone groups is 1. The van der Waals surface area contributed by atoms with E-state index in [0.717, 1.165) is 29.8 Å². The van der Waals surface area contributed by atoms with Gasteiger partial charge in [-0.05, 0) is 61.5 Å². The number of azo groups is 3. The summed E-state index contributed by atoms with van der Waals surface area (Å²) in [6, 6.07) is 14.7. The Bertz CT molecular complexity index is 2520. The maximum atomic E-state index is 12.7. The molecule has 22 nitrogen and oxygen atoms in total. The second-order valence-corrected chi connectivity index (χ2v) is 16.3. The number of nitrogens with two attached hydrogens (primary N) is 3. The average Bonchev–Trinajstić information content (AvgIpc) is 3.12. The van der Waals surface area contributed by atoms with Gasteiger partial charge >= 0.3 is 16.4 Å². The summed E-state index contributed by atoms with van der Waals surface area (Å²) in [7, 11) is -13.9. The van der Waals surface area contributed by atoms with E-state index in [4.69, 9.17) is 31.0 Å². The highest BCUT2D eigenvalue weighted by Gasteiger charge is 2.27. The van der Waals surface area contributed by atoms with E-state index in [9.17, 15) is 39.7 Å². The molecule has 0 aliphatic rings. The standard InChI is InChI=1S/C30H31N9O13S4/c1-17-2-4-18(5-3-17)34-37-27-24(30(40)41)28(38-36-22-11-8-20(53-52-50-13-12-31)16-23(22)55(44,45)46)26(33)29(25(27)32)39-35-19-6-9-21(10-7-19)54(42,43)15-14-51-56(47,48)49/h2-11,16H,12-15,31-33H2,1H3,(H,40,41)(H,44,45,46)(H,47,48,49). The van der Waals surface area contributed by atoms with Crippen LogP contribution in [0, 0.1) is 6.92 Å². The van der Waals surface area contributed by atoms with Crippen molar-refractivity contribution in [3.8, 4) is 0 Å². The number of carboxylic acid groups (broad SMARTS) is 1. The number of rotatable bonds is 18. The lowest BCUT2D eigenvalue weighted by Crippen LogP contribution is -2.15. The first kappa shape index (κ1) is 43.4. The third-order valence-corrected chi connectivity index (χ3v) is 10.6. The fourth-order valence-corrected chi connectivity index (χ4v) is 6.96. The lowest BCUT2D eigenvalue weighted by Gasteiger charge is -2.13. The molecule has 0 aromatic heterocycles. The average molecular weight is 854 g/mol. The van der Waals surface area contributed by atoms with Gasteiger partial charge in [-0.2, -0.15) is 31.4 Å². The maximum absolute atomic E-state index is 12.7. The van der Waals surface area contributed by atoms with Crippen LogP contribution in [0.5, 0.6) is 0 Å². The molecule has 0 spiro atoms. The summed E-state index contributed by atoms with van der Waals surface area (Å²) in [6.45, 7) is 1.15. The summed E-state index contributed by atoms with van der Waals surface area (Å²) < 4.78 is 98.8. The van der Waals surface area contributed by atoms with Crippen LogP contribution in [0.15, 0.2) is 112 Å². The van der Waals surface area contributed by atoms with Crippen LogP contribution in [0.2, 0.25) is 0 Å². The molecule has 4 aromatic carbocycles. The minimum absolute atomic E-state index is 0.0263.